The molecule has 0 N–H and O–H groups in total. The highest BCUT2D eigenvalue weighted by molar-refractivity contribution is 5.80. The van der Waals surface area contributed by atoms with Crippen LogP contribution < -0.4 is 0 Å². The van der Waals surface area contributed by atoms with Crippen LogP contribution in [0.4, 0.5) is 0 Å². The van der Waals surface area contributed by atoms with Crippen molar-refractivity contribution < 1.29 is 4.74 Å². The molecule has 0 fully saturated rings. The Kier molecular flexibility index (Phi) is 4.07. The summed E-state index contributed by atoms with van der Waals surface area (Å²) in [5.41, 5.74) is 3.28. The van der Waals surface area contributed by atoms with Gasteiger partial charge in [-0.2, -0.15) is 0 Å². The largest absolute Gasteiger partial charge is 0.470 e. The second kappa shape index (κ2) is 6.67. The number of ether oxygens (including phenoxy) is 1. The Bertz CT molecular complexity index is 816. The lowest BCUT2D eigenvalue weighted by molar-refractivity contribution is 0.193. The standard InChI is InChI=1S/C21H18N2O/c1-3-9-16(10-4-1)20-21(17-11-5-2-6-12-17)24-19(23-20)15-18-13-7-8-14-22-18/h1-14,20-21H,15H2. The fourth-order valence-corrected chi connectivity index (χ4v) is 3.00. The smallest absolute Gasteiger partial charge is 0.190 e. The summed E-state index contributed by atoms with van der Waals surface area (Å²) in [4.78, 5) is 9.24. The van der Waals surface area contributed by atoms with Crippen LogP contribution in [0.25, 0.3) is 0 Å². The number of rotatable bonds is 4. The fraction of sp³-hybridized carbons (Fsp3) is 0.143. The second-order valence-corrected chi connectivity index (χ2v) is 5.83. The molecular formula is C21H18N2O. The maximum absolute atomic E-state index is 6.23. The van der Waals surface area contributed by atoms with E-state index in [2.05, 4.69) is 29.2 Å². The first-order chi connectivity index (χ1) is 11.9. The normalized spacial score (nSPS) is 19.6. The Balaban J connectivity index is 1.65. The summed E-state index contributed by atoms with van der Waals surface area (Å²) in [6, 6.07) is 26.5. The number of aromatic nitrogens is 1. The van der Waals surface area contributed by atoms with Gasteiger partial charge in [0.1, 0.15) is 6.04 Å². The molecule has 118 valence electrons. The van der Waals surface area contributed by atoms with Crippen molar-refractivity contribution in [2.24, 2.45) is 4.99 Å². The summed E-state index contributed by atoms with van der Waals surface area (Å²) in [5, 5.41) is 0. The molecule has 3 aromatic rings. The number of benzene rings is 2. The van der Waals surface area contributed by atoms with Crippen LogP contribution in [0.2, 0.25) is 0 Å². The zero-order chi connectivity index (χ0) is 16.2. The fourth-order valence-electron chi connectivity index (χ4n) is 3.00. The number of hydrogen-bond acceptors (Lipinski definition) is 3. The van der Waals surface area contributed by atoms with E-state index in [4.69, 9.17) is 9.73 Å². The molecule has 0 aliphatic carbocycles. The zero-order valence-corrected chi connectivity index (χ0v) is 13.2. The second-order valence-electron chi connectivity index (χ2n) is 5.83. The summed E-state index contributed by atoms with van der Waals surface area (Å²) in [6.07, 6.45) is 2.33. The topological polar surface area (TPSA) is 34.5 Å². The molecule has 0 amide bonds. The Hall–Kier alpha value is -2.94. The molecule has 0 saturated carbocycles. The van der Waals surface area contributed by atoms with Crippen molar-refractivity contribution in [3.63, 3.8) is 0 Å². The Morgan fingerprint density at radius 1 is 0.750 bits per heavy atom. The van der Waals surface area contributed by atoms with Gasteiger partial charge in [0.2, 0.25) is 0 Å². The lowest BCUT2D eigenvalue weighted by atomic mass is 9.97. The number of pyridine rings is 1. The molecule has 2 aromatic carbocycles. The highest BCUT2D eigenvalue weighted by Crippen LogP contribution is 2.40. The van der Waals surface area contributed by atoms with Gasteiger partial charge in [-0.1, -0.05) is 66.7 Å². The molecule has 1 aliphatic heterocycles. The molecule has 0 spiro atoms. The van der Waals surface area contributed by atoms with Crippen molar-refractivity contribution in [3.05, 3.63) is 102 Å². The van der Waals surface area contributed by atoms with E-state index in [1.807, 2.05) is 54.6 Å². The maximum Gasteiger partial charge on any atom is 0.190 e. The third-order valence-electron chi connectivity index (χ3n) is 4.16. The maximum atomic E-state index is 6.23. The minimum Gasteiger partial charge on any atom is -0.470 e. The molecule has 0 radical (unpaired) electrons. The molecule has 0 bridgehead atoms. The van der Waals surface area contributed by atoms with Crippen LogP contribution in [0.1, 0.15) is 29.0 Å². The van der Waals surface area contributed by atoms with Crippen molar-refractivity contribution >= 4 is 5.90 Å². The first kappa shape index (κ1) is 14.6. The molecule has 1 aliphatic rings. The average Bonchev–Trinajstić information content (AvgIpc) is 3.08. The molecule has 3 nitrogen and oxygen atoms in total. The van der Waals surface area contributed by atoms with Gasteiger partial charge in [0.25, 0.3) is 0 Å². The lowest BCUT2D eigenvalue weighted by Crippen LogP contribution is -2.10. The number of aliphatic imine (C=N–C) groups is 1. The van der Waals surface area contributed by atoms with E-state index in [0.29, 0.717) is 6.42 Å². The summed E-state index contributed by atoms with van der Waals surface area (Å²) in [5.74, 6) is 0.747. The van der Waals surface area contributed by atoms with E-state index in [-0.39, 0.29) is 12.1 Å². The first-order valence-electron chi connectivity index (χ1n) is 8.13. The van der Waals surface area contributed by atoms with Gasteiger partial charge < -0.3 is 4.74 Å². The molecule has 4 rings (SSSR count). The highest BCUT2D eigenvalue weighted by Gasteiger charge is 2.33. The monoisotopic (exact) mass is 314 g/mol. The molecule has 24 heavy (non-hydrogen) atoms. The van der Waals surface area contributed by atoms with Gasteiger partial charge in [-0.05, 0) is 23.3 Å². The van der Waals surface area contributed by atoms with Crippen LogP contribution in [0, 0.1) is 0 Å². The molecule has 2 heterocycles. The lowest BCUT2D eigenvalue weighted by Gasteiger charge is -2.18. The minimum atomic E-state index is -0.0905. The van der Waals surface area contributed by atoms with Gasteiger partial charge in [0.15, 0.2) is 12.0 Å². The average molecular weight is 314 g/mol. The van der Waals surface area contributed by atoms with Crippen LogP contribution >= 0.6 is 0 Å². The SMILES string of the molecule is c1ccc(C2N=C(Cc3ccccn3)OC2c2ccccc2)cc1. The Morgan fingerprint density at radius 3 is 2.08 bits per heavy atom. The van der Waals surface area contributed by atoms with E-state index in [1.54, 1.807) is 6.20 Å². The first-order valence-corrected chi connectivity index (χ1v) is 8.13. The quantitative estimate of drug-likeness (QED) is 0.709. The van der Waals surface area contributed by atoms with Gasteiger partial charge in [-0.25, -0.2) is 4.99 Å². The van der Waals surface area contributed by atoms with E-state index in [9.17, 15) is 0 Å². The van der Waals surface area contributed by atoms with Crippen LogP contribution in [0.5, 0.6) is 0 Å². The Labute approximate surface area is 141 Å². The van der Waals surface area contributed by atoms with E-state index in [0.717, 1.165) is 17.2 Å². The van der Waals surface area contributed by atoms with Crippen LogP contribution in [0.3, 0.4) is 0 Å². The summed E-state index contributed by atoms with van der Waals surface area (Å²) < 4.78 is 6.23. The van der Waals surface area contributed by atoms with Gasteiger partial charge in [-0.3, -0.25) is 4.98 Å². The molecule has 2 atom stereocenters. The van der Waals surface area contributed by atoms with Crippen molar-refractivity contribution in [3.8, 4) is 0 Å². The van der Waals surface area contributed by atoms with Crippen molar-refractivity contribution in [2.45, 2.75) is 18.6 Å². The van der Waals surface area contributed by atoms with Crippen LogP contribution in [0.15, 0.2) is 90.1 Å². The third kappa shape index (κ3) is 3.06. The number of nitrogens with zero attached hydrogens (tertiary/aromatic N) is 2. The van der Waals surface area contributed by atoms with E-state index in [1.165, 1.54) is 5.56 Å². The minimum absolute atomic E-state index is 0.0210. The zero-order valence-electron chi connectivity index (χ0n) is 13.2. The predicted octanol–water partition coefficient (Wildman–Crippen LogP) is 4.54. The number of hydrogen-bond donors (Lipinski definition) is 0. The van der Waals surface area contributed by atoms with Crippen molar-refractivity contribution in [1.82, 2.24) is 4.98 Å². The summed E-state index contributed by atoms with van der Waals surface area (Å²) in [7, 11) is 0. The summed E-state index contributed by atoms with van der Waals surface area (Å²) in [6.45, 7) is 0. The molecule has 3 heteroatoms. The van der Waals surface area contributed by atoms with Crippen molar-refractivity contribution in [2.75, 3.05) is 0 Å². The van der Waals surface area contributed by atoms with E-state index >= 15 is 0 Å². The van der Waals surface area contributed by atoms with Gasteiger partial charge in [-0.15, -0.1) is 0 Å². The van der Waals surface area contributed by atoms with Crippen molar-refractivity contribution in [1.29, 1.82) is 0 Å². The third-order valence-corrected chi connectivity index (χ3v) is 4.16. The molecule has 2 unspecified atom stereocenters. The molecular weight excluding hydrogens is 296 g/mol. The molecule has 1 aromatic heterocycles. The summed E-state index contributed by atoms with van der Waals surface area (Å²) >= 11 is 0. The van der Waals surface area contributed by atoms with E-state index < -0.39 is 0 Å². The van der Waals surface area contributed by atoms with Crippen LogP contribution in [-0.4, -0.2) is 10.9 Å². The Morgan fingerprint density at radius 2 is 1.42 bits per heavy atom. The van der Waals surface area contributed by atoms with Gasteiger partial charge in [0, 0.05) is 11.9 Å². The van der Waals surface area contributed by atoms with Gasteiger partial charge in [0.05, 0.1) is 6.42 Å². The van der Waals surface area contributed by atoms with Crippen LogP contribution in [-0.2, 0) is 11.2 Å². The predicted molar refractivity (Wildman–Crippen MR) is 94.8 cm³/mol. The molecule has 0 saturated heterocycles. The highest BCUT2D eigenvalue weighted by atomic mass is 16.5. The van der Waals surface area contributed by atoms with Gasteiger partial charge >= 0.3 is 0 Å².